The lowest BCUT2D eigenvalue weighted by Crippen LogP contribution is -2.59. The van der Waals surface area contributed by atoms with Crippen molar-refractivity contribution < 1.29 is 29.0 Å². The number of rotatable bonds is 9. The van der Waals surface area contributed by atoms with Crippen LogP contribution in [0.2, 0.25) is 0 Å². The van der Waals surface area contributed by atoms with Crippen molar-refractivity contribution in [1.82, 2.24) is 20.4 Å². The third kappa shape index (κ3) is 4.31. The fourth-order valence-corrected chi connectivity index (χ4v) is 7.32. The lowest BCUT2D eigenvalue weighted by atomic mass is 9.62. The van der Waals surface area contributed by atoms with Crippen LogP contribution < -0.4 is 10.6 Å². The lowest BCUT2D eigenvalue weighted by Gasteiger charge is -2.37. The monoisotopic (exact) mass is 528 g/mol. The third-order valence-corrected chi connectivity index (χ3v) is 9.28. The predicted molar refractivity (Wildman–Crippen MR) is 139 cm³/mol. The van der Waals surface area contributed by atoms with Gasteiger partial charge in [-0.15, -0.1) is 0 Å². The second-order valence-corrected chi connectivity index (χ2v) is 11.3. The Morgan fingerprint density at radius 3 is 2.55 bits per heavy atom. The van der Waals surface area contributed by atoms with Crippen LogP contribution in [0.3, 0.4) is 0 Å². The zero-order valence-corrected chi connectivity index (χ0v) is 22.5. The minimum absolute atomic E-state index is 0.0286. The van der Waals surface area contributed by atoms with Crippen LogP contribution in [0.5, 0.6) is 0 Å². The molecule has 4 saturated heterocycles. The van der Waals surface area contributed by atoms with E-state index < -0.39 is 35.1 Å². The lowest BCUT2D eigenvalue weighted by molar-refractivity contribution is -0.150. The molecule has 0 aromatic heterocycles. The number of aliphatic hydroxyl groups excluding tert-OH is 1. The van der Waals surface area contributed by atoms with Crippen LogP contribution in [-0.4, -0.2) is 109 Å². The molecule has 4 heterocycles. The molecule has 4 fully saturated rings. The van der Waals surface area contributed by atoms with Gasteiger partial charge in [-0.05, 0) is 31.2 Å². The van der Waals surface area contributed by atoms with E-state index in [4.69, 9.17) is 9.47 Å². The zero-order chi connectivity index (χ0) is 27.1. The Morgan fingerprint density at radius 1 is 1.18 bits per heavy atom. The van der Waals surface area contributed by atoms with E-state index in [0.29, 0.717) is 39.1 Å². The highest BCUT2D eigenvalue weighted by molar-refractivity contribution is 5.99. The van der Waals surface area contributed by atoms with Gasteiger partial charge in [-0.25, -0.2) is 0 Å². The Hall–Kier alpha value is -2.53. The summed E-state index contributed by atoms with van der Waals surface area (Å²) in [7, 11) is 1.56. The number of nitrogens with zero attached hydrogens (tertiary/aromatic N) is 2. The van der Waals surface area contributed by atoms with Crippen molar-refractivity contribution in [2.45, 2.75) is 50.0 Å². The van der Waals surface area contributed by atoms with Crippen molar-refractivity contribution in [2.75, 3.05) is 53.0 Å². The summed E-state index contributed by atoms with van der Waals surface area (Å²) in [6.07, 6.45) is 0.885. The van der Waals surface area contributed by atoms with Gasteiger partial charge in [-0.2, -0.15) is 0 Å². The molecule has 4 aliphatic rings. The molecule has 5 rings (SSSR count). The Morgan fingerprint density at radius 2 is 1.89 bits per heavy atom. The van der Waals surface area contributed by atoms with Crippen LogP contribution >= 0.6 is 0 Å². The fourth-order valence-electron chi connectivity index (χ4n) is 7.32. The minimum Gasteiger partial charge on any atom is -0.394 e. The number of hydrogen-bond acceptors (Lipinski definition) is 7. The summed E-state index contributed by atoms with van der Waals surface area (Å²) in [5, 5.41) is 16.3. The van der Waals surface area contributed by atoms with E-state index in [0.717, 1.165) is 18.7 Å². The summed E-state index contributed by atoms with van der Waals surface area (Å²) in [6, 6.07) is 8.05. The Bertz CT molecular complexity index is 1050. The summed E-state index contributed by atoms with van der Waals surface area (Å²) >= 11 is 0. The molecule has 1 aromatic rings. The van der Waals surface area contributed by atoms with Gasteiger partial charge in [0.25, 0.3) is 0 Å². The maximum atomic E-state index is 14.2. The molecular weight excluding hydrogens is 488 g/mol. The highest BCUT2D eigenvalue weighted by atomic mass is 16.5. The van der Waals surface area contributed by atoms with E-state index in [9.17, 15) is 19.5 Å². The van der Waals surface area contributed by atoms with E-state index in [1.165, 1.54) is 4.90 Å². The standard InChI is InChI=1S/C28H40N4O6/c1-18-16-28-22(21(24(34)29-3)27(18,2)38-28)26(36)32(20(17-33)15-19-7-5-4-6-8-19)23(28)25(35)30-9-10-31-11-13-37-14-12-31/h4-8,18,20-23,33H,9-17H2,1-3H3,(H,29,34)(H,30,35)/t18?,20-,21+,22+,23?,27-,28?/m1/s1. The van der Waals surface area contributed by atoms with Gasteiger partial charge in [0.2, 0.25) is 17.7 Å². The molecule has 0 saturated carbocycles. The van der Waals surface area contributed by atoms with Crippen molar-refractivity contribution >= 4 is 17.7 Å². The number of aliphatic hydroxyl groups is 1. The largest absolute Gasteiger partial charge is 0.394 e. The Labute approximate surface area is 224 Å². The van der Waals surface area contributed by atoms with E-state index in [-0.39, 0.29) is 30.2 Å². The van der Waals surface area contributed by atoms with Crippen molar-refractivity contribution in [3.63, 3.8) is 0 Å². The molecule has 1 spiro atoms. The molecule has 3 N–H and O–H groups in total. The normalized spacial score (nSPS) is 35.3. The number of ether oxygens (including phenoxy) is 2. The zero-order valence-electron chi connectivity index (χ0n) is 22.5. The fraction of sp³-hybridized carbons (Fsp3) is 0.679. The van der Waals surface area contributed by atoms with Crippen molar-refractivity contribution in [3.05, 3.63) is 35.9 Å². The number of hydrogen-bond donors (Lipinski definition) is 3. The molecule has 3 unspecified atom stereocenters. The van der Waals surface area contributed by atoms with Crippen molar-refractivity contribution in [1.29, 1.82) is 0 Å². The van der Waals surface area contributed by atoms with Crippen LogP contribution in [0, 0.1) is 17.8 Å². The quantitative estimate of drug-likeness (QED) is 0.406. The average molecular weight is 529 g/mol. The molecule has 1 aromatic carbocycles. The molecular formula is C28H40N4O6. The van der Waals surface area contributed by atoms with Crippen LogP contribution in [0.1, 0.15) is 25.8 Å². The molecule has 0 radical (unpaired) electrons. The van der Waals surface area contributed by atoms with Crippen LogP contribution in [0.4, 0.5) is 0 Å². The maximum absolute atomic E-state index is 14.2. The second-order valence-electron chi connectivity index (χ2n) is 11.3. The Kier molecular flexibility index (Phi) is 7.52. The SMILES string of the molecule is CNC(=O)[C@@H]1[C@H]2C(=O)N([C@@H](CO)Cc3ccccc3)C(C(=O)NCCN3CCOCC3)C23CC(C)[C@@]1(C)O3. The molecule has 208 valence electrons. The number of benzene rings is 1. The van der Waals surface area contributed by atoms with Gasteiger partial charge < -0.3 is 30.1 Å². The molecule has 10 heteroatoms. The molecule has 4 aliphatic heterocycles. The summed E-state index contributed by atoms with van der Waals surface area (Å²) in [6.45, 7) is 7.68. The highest BCUT2D eigenvalue weighted by Gasteiger charge is 2.80. The Balaban J connectivity index is 1.47. The smallest absolute Gasteiger partial charge is 0.245 e. The van der Waals surface area contributed by atoms with Gasteiger partial charge in [-0.1, -0.05) is 37.3 Å². The van der Waals surface area contributed by atoms with Crippen LogP contribution in [0.15, 0.2) is 30.3 Å². The van der Waals surface area contributed by atoms with Crippen LogP contribution in [-0.2, 0) is 30.3 Å². The first-order valence-corrected chi connectivity index (χ1v) is 13.7. The van der Waals surface area contributed by atoms with Gasteiger partial charge >= 0.3 is 0 Å². The number of carbonyl (C=O) groups is 3. The summed E-state index contributed by atoms with van der Waals surface area (Å²) < 4.78 is 12.1. The first-order chi connectivity index (χ1) is 18.3. The van der Waals surface area contributed by atoms with Crippen molar-refractivity contribution in [3.8, 4) is 0 Å². The van der Waals surface area contributed by atoms with Gasteiger partial charge in [0, 0.05) is 33.2 Å². The summed E-state index contributed by atoms with van der Waals surface area (Å²) in [5.74, 6) is -2.38. The highest BCUT2D eigenvalue weighted by Crippen LogP contribution is 2.65. The molecule has 38 heavy (non-hydrogen) atoms. The number of fused-ring (bicyclic) bond motifs is 1. The predicted octanol–water partition coefficient (Wildman–Crippen LogP) is -0.205. The van der Waals surface area contributed by atoms with Gasteiger partial charge in [0.05, 0.1) is 43.3 Å². The van der Waals surface area contributed by atoms with Gasteiger partial charge in [0.1, 0.15) is 11.6 Å². The summed E-state index contributed by atoms with van der Waals surface area (Å²) in [5.41, 5.74) is -1.03. The molecule has 2 bridgehead atoms. The van der Waals surface area contributed by atoms with Gasteiger partial charge in [-0.3, -0.25) is 19.3 Å². The minimum atomic E-state index is -1.13. The second kappa shape index (κ2) is 10.6. The first-order valence-electron chi connectivity index (χ1n) is 13.7. The number of likely N-dealkylation sites (tertiary alicyclic amines) is 1. The number of nitrogens with one attached hydrogen (secondary N) is 2. The van der Waals surface area contributed by atoms with E-state index >= 15 is 0 Å². The maximum Gasteiger partial charge on any atom is 0.245 e. The van der Waals surface area contributed by atoms with Crippen LogP contribution in [0.25, 0.3) is 0 Å². The summed E-state index contributed by atoms with van der Waals surface area (Å²) in [4.78, 5) is 45.2. The van der Waals surface area contributed by atoms with E-state index in [1.807, 2.05) is 44.2 Å². The number of amides is 3. The number of morpholine rings is 1. The van der Waals surface area contributed by atoms with E-state index in [2.05, 4.69) is 15.5 Å². The molecule has 3 amide bonds. The third-order valence-electron chi connectivity index (χ3n) is 9.28. The molecule has 7 atom stereocenters. The topological polar surface area (TPSA) is 120 Å². The number of carbonyl (C=O) groups excluding carboxylic acids is 3. The van der Waals surface area contributed by atoms with Gasteiger partial charge in [0.15, 0.2) is 0 Å². The average Bonchev–Trinajstić information content (AvgIpc) is 3.44. The van der Waals surface area contributed by atoms with E-state index in [1.54, 1.807) is 7.05 Å². The first kappa shape index (κ1) is 27.1. The van der Waals surface area contributed by atoms with Crippen molar-refractivity contribution in [2.24, 2.45) is 17.8 Å². The molecule has 10 nitrogen and oxygen atoms in total. The molecule has 0 aliphatic carbocycles.